The lowest BCUT2D eigenvalue weighted by Gasteiger charge is -2.21. The van der Waals surface area contributed by atoms with Crippen LogP contribution < -0.4 is 5.69 Å². The predicted molar refractivity (Wildman–Crippen MR) is 70.3 cm³/mol. The molecule has 6 heteroatoms. The van der Waals surface area contributed by atoms with Gasteiger partial charge in [0.05, 0.1) is 17.1 Å². The second-order valence-electron chi connectivity index (χ2n) is 4.83. The van der Waals surface area contributed by atoms with Crippen LogP contribution in [-0.4, -0.2) is 38.2 Å². The van der Waals surface area contributed by atoms with Crippen LogP contribution in [0.4, 0.5) is 4.79 Å². The van der Waals surface area contributed by atoms with E-state index >= 15 is 0 Å². The monoisotopic (exact) mass is 261 g/mol. The number of rotatable bonds is 2. The molecule has 6 nitrogen and oxygen atoms in total. The number of benzene rings is 1. The molecule has 1 aromatic carbocycles. The molecule has 1 saturated heterocycles. The van der Waals surface area contributed by atoms with Crippen LogP contribution >= 0.6 is 0 Å². The van der Waals surface area contributed by atoms with Crippen LogP contribution in [0.15, 0.2) is 29.1 Å². The molecule has 0 bridgehead atoms. The predicted octanol–water partition coefficient (Wildman–Crippen LogP) is 1.47. The molecular formula is C13H15N3O3. The molecule has 0 aliphatic carbocycles. The summed E-state index contributed by atoms with van der Waals surface area (Å²) in [6.45, 7) is 0.965. The van der Waals surface area contributed by atoms with Gasteiger partial charge in [0, 0.05) is 13.1 Å². The fourth-order valence-electron chi connectivity index (χ4n) is 2.78. The third kappa shape index (κ3) is 1.99. The molecule has 1 fully saturated rings. The minimum absolute atomic E-state index is 0.116. The van der Waals surface area contributed by atoms with Crippen molar-refractivity contribution in [2.75, 3.05) is 6.54 Å². The Balaban J connectivity index is 1.95. The van der Waals surface area contributed by atoms with Crippen LogP contribution in [0.1, 0.15) is 12.8 Å². The zero-order valence-electron chi connectivity index (χ0n) is 10.4. The van der Waals surface area contributed by atoms with Gasteiger partial charge in [-0.25, -0.2) is 9.59 Å². The van der Waals surface area contributed by atoms with Gasteiger partial charge in [0.2, 0.25) is 0 Å². The lowest BCUT2D eigenvalue weighted by Crippen LogP contribution is -2.38. The summed E-state index contributed by atoms with van der Waals surface area (Å²) in [4.78, 5) is 27.3. The Kier molecular flexibility index (Phi) is 2.77. The molecule has 100 valence electrons. The standard InChI is InChI=1S/C13H15N3O3/c17-12-14-10-5-1-2-6-11(10)16(12)8-9-4-3-7-15(9)13(18)19/h1-2,5-6,9H,3-4,7-8H2,(H,14,17)(H,18,19)/t9-/m0/s1. The van der Waals surface area contributed by atoms with Crippen LogP contribution in [0.3, 0.4) is 0 Å². The van der Waals surface area contributed by atoms with Crippen LogP contribution in [0.2, 0.25) is 0 Å². The summed E-state index contributed by atoms with van der Waals surface area (Å²) >= 11 is 0. The number of aromatic amines is 1. The van der Waals surface area contributed by atoms with Gasteiger partial charge in [0.15, 0.2) is 0 Å². The Bertz CT molecular complexity index is 673. The molecule has 1 aliphatic heterocycles. The van der Waals surface area contributed by atoms with E-state index in [0.29, 0.717) is 13.1 Å². The van der Waals surface area contributed by atoms with Crippen molar-refractivity contribution in [3.8, 4) is 0 Å². The van der Waals surface area contributed by atoms with Gasteiger partial charge in [-0.05, 0) is 25.0 Å². The number of nitrogens with zero attached hydrogens (tertiary/aromatic N) is 2. The number of hydrogen-bond acceptors (Lipinski definition) is 2. The van der Waals surface area contributed by atoms with Crippen LogP contribution in [0, 0.1) is 0 Å². The molecule has 2 heterocycles. The van der Waals surface area contributed by atoms with Crippen LogP contribution in [0.5, 0.6) is 0 Å². The summed E-state index contributed by atoms with van der Waals surface area (Å²) in [5.74, 6) is 0. The summed E-state index contributed by atoms with van der Waals surface area (Å²) in [5, 5.41) is 9.13. The SMILES string of the molecule is O=C(O)N1CCC[C@H]1Cn1c(=O)[nH]c2ccccc21. The average molecular weight is 261 g/mol. The number of nitrogens with one attached hydrogen (secondary N) is 1. The quantitative estimate of drug-likeness (QED) is 0.859. The molecule has 2 N–H and O–H groups in total. The van der Waals surface area contributed by atoms with Gasteiger partial charge < -0.3 is 15.0 Å². The van der Waals surface area contributed by atoms with E-state index in [-0.39, 0.29) is 11.7 Å². The number of amides is 1. The van der Waals surface area contributed by atoms with Crippen molar-refractivity contribution in [2.24, 2.45) is 0 Å². The highest BCUT2D eigenvalue weighted by molar-refractivity contribution is 5.75. The van der Waals surface area contributed by atoms with E-state index in [1.165, 1.54) is 4.90 Å². The number of imidazole rings is 1. The molecule has 1 aromatic heterocycles. The Morgan fingerprint density at radius 2 is 2.21 bits per heavy atom. The lowest BCUT2D eigenvalue weighted by atomic mass is 10.2. The first kappa shape index (κ1) is 11.8. The van der Waals surface area contributed by atoms with E-state index in [1.807, 2.05) is 24.3 Å². The molecule has 3 rings (SSSR count). The van der Waals surface area contributed by atoms with Crippen molar-refractivity contribution < 1.29 is 9.90 Å². The first-order valence-electron chi connectivity index (χ1n) is 6.34. The molecule has 19 heavy (non-hydrogen) atoms. The molecule has 0 unspecified atom stereocenters. The van der Waals surface area contributed by atoms with E-state index in [9.17, 15) is 9.59 Å². The summed E-state index contributed by atoms with van der Waals surface area (Å²) in [5.41, 5.74) is 1.43. The van der Waals surface area contributed by atoms with Gasteiger partial charge in [0.25, 0.3) is 0 Å². The summed E-state index contributed by atoms with van der Waals surface area (Å²) in [6, 6.07) is 7.33. The van der Waals surface area contributed by atoms with Crippen molar-refractivity contribution in [1.82, 2.24) is 14.5 Å². The summed E-state index contributed by atoms with van der Waals surface area (Å²) in [7, 11) is 0. The van der Waals surface area contributed by atoms with Gasteiger partial charge in [-0.3, -0.25) is 4.57 Å². The number of hydrogen-bond donors (Lipinski definition) is 2. The second kappa shape index (κ2) is 4.46. The number of carbonyl (C=O) groups is 1. The number of fused-ring (bicyclic) bond motifs is 1. The van der Waals surface area contributed by atoms with Crippen LogP contribution in [-0.2, 0) is 6.54 Å². The minimum Gasteiger partial charge on any atom is -0.465 e. The zero-order chi connectivity index (χ0) is 13.4. The van der Waals surface area contributed by atoms with Crippen LogP contribution in [0.25, 0.3) is 11.0 Å². The van der Waals surface area contributed by atoms with Crippen molar-refractivity contribution in [3.05, 3.63) is 34.7 Å². The highest BCUT2D eigenvalue weighted by Crippen LogP contribution is 2.20. The first-order chi connectivity index (χ1) is 9.16. The lowest BCUT2D eigenvalue weighted by molar-refractivity contribution is 0.136. The molecule has 1 amide bonds. The Labute approximate surface area is 109 Å². The van der Waals surface area contributed by atoms with E-state index in [2.05, 4.69) is 4.98 Å². The average Bonchev–Trinajstić information content (AvgIpc) is 2.96. The first-order valence-corrected chi connectivity index (χ1v) is 6.34. The van der Waals surface area contributed by atoms with E-state index in [0.717, 1.165) is 23.9 Å². The van der Waals surface area contributed by atoms with Gasteiger partial charge in [-0.15, -0.1) is 0 Å². The van der Waals surface area contributed by atoms with E-state index in [4.69, 9.17) is 5.11 Å². The van der Waals surface area contributed by atoms with E-state index < -0.39 is 6.09 Å². The number of para-hydroxylation sites is 2. The van der Waals surface area contributed by atoms with Crippen molar-refractivity contribution in [1.29, 1.82) is 0 Å². The fourth-order valence-corrected chi connectivity index (χ4v) is 2.78. The normalized spacial score (nSPS) is 19.2. The van der Waals surface area contributed by atoms with Crippen molar-refractivity contribution in [3.63, 3.8) is 0 Å². The Morgan fingerprint density at radius 1 is 1.42 bits per heavy atom. The number of likely N-dealkylation sites (tertiary alicyclic amines) is 1. The third-order valence-electron chi connectivity index (χ3n) is 3.70. The topological polar surface area (TPSA) is 78.3 Å². The largest absolute Gasteiger partial charge is 0.465 e. The number of H-pyrrole nitrogens is 1. The van der Waals surface area contributed by atoms with Gasteiger partial charge in [-0.1, -0.05) is 12.1 Å². The molecule has 0 spiro atoms. The van der Waals surface area contributed by atoms with Gasteiger partial charge in [-0.2, -0.15) is 0 Å². The third-order valence-corrected chi connectivity index (χ3v) is 3.70. The van der Waals surface area contributed by atoms with E-state index in [1.54, 1.807) is 4.57 Å². The number of aromatic nitrogens is 2. The molecule has 2 aromatic rings. The Morgan fingerprint density at radius 3 is 3.00 bits per heavy atom. The van der Waals surface area contributed by atoms with Crippen molar-refractivity contribution in [2.45, 2.75) is 25.4 Å². The zero-order valence-corrected chi connectivity index (χ0v) is 10.4. The molecule has 0 saturated carbocycles. The molecule has 0 radical (unpaired) electrons. The maximum atomic E-state index is 11.9. The summed E-state index contributed by atoms with van der Waals surface area (Å²) in [6.07, 6.45) is 0.752. The highest BCUT2D eigenvalue weighted by atomic mass is 16.4. The smallest absolute Gasteiger partial charge is 0.407 e. The molecule has 1 aliphatic rings. The second-order valence-corrected chi connectivity index (χ2v) is 4.83. The number of carboxylic acid groups (broad SMARTS) is 1. The minimum atomic E-state index is -0.907. The van der Waals surface area contributed by atoms with Crippen molar-refractivity contribution >= 4 is 17.1 Å². The molecular weight excluding hydrogens is 246 g/mol. The fraction of sp³-hybridized carbons (Fsp3) is 0.385. The molecule has 1 atom stereocenters. The highest BCUT2D eigenvalue weighted by Gasteiger charge is 2.29. The maximum Gasteiger partial charge on any atom is 0.407 e. The maximum absolute atomic E-state index is 11.9. The van der Waals surface area contributed by atoms with Gasteiger partial charge in [0.1, 0.15) is 0 Å². The Hall–Kier alpha value is -2.24. The summed E-state index contributed by atoms with van der Waals surface area (Å²) < 4.78 is 1.63. The van der Waals surface area contributed by atoms with Gasteiger partial charge >= 0.3 is 11.8 Å².